The molecule has 1 heterocycles. The maximum atomic E-state index is 12.7. The van der Waals surface area contributed by atoms with Gasteiger partial charge >= 0.3 is 0 Å². The lowest BCUT2D eigenvalue weighted by Crippen LogP contribution is -2.28. The smallest absolute Gasteiger partial charge is 0.123 e. The second kappa shape index (κ2) is 8.54. The Labute approximate surface area is 109 Å². The Morgan fingerprint density at radius 1 is 1.24 bits per heavy atom. The maximum absolute atomic E-state index is 12.7. The van der Waals surface area contributed by atoms with Gasteiger partial charge in [0.05, 0.1) is 0 Å². The summed E-state index contributed by atoms with van der Waals surface area (Å²) < 4.78 is 12.7. The fourth-order valence-corrected chi connectivity index (χ4v) is 2.04. The number of hydrogen-bond donors (Lipinski definition) is 2. The molecule has 1 N–H and O–H groups in total. The Morgan fingerprint density at radius 2 is 1.76 bits per heavy atom. The normalized spacial score (nSPS) is 16.2. The van der Waals surface area contributed by atoms with Crippen LogP contribution >= 0.6 is 12.6 Å². The van der Waals surface area contributed by atoms with Crippen LogP contribution in [0.5, 0.6) is 0 Å². The van der Waals surface area contributed by atoms with E-state index in [0.717, 1.165) is 31.2 Å². The van der Waals surface area contributed by atoms with Gasteiger partial charge in [0.2, 0.25) is 0 Å². The van der Waals surface area contributed by atoms with E-state index >= 15 is 0 Å². The van der Waals surface area contributed by atoms with Crippen LogP contribution in [0.2, 0.25) is 0 Å². The molecule has 1 nitrogen and oxygen atoms in total. The summed E-state index contributed by atoms with van der Waals surface area (Å²) in [6.07, 6.45) is 3.59. The van der Waals surface area contributed by atoms with Gasteiger partial charge in [-0.2, -0.15) is 12.6 Å². The van der Waals surface area contributed by atoms with Crippen molar-refractivity contribution in [2.45, 2.75) is 26.2 Å². The highest BCUT2D eigenvalue weighted by atomic mass is 32.1. The largest absolute Gasteiger partial charge is 0.317 e. The Kier molecular flexibility index (Phi) is 7.29. The Morgan fingerprint density at radius 3 is 2.29 bits per heavy atom. The number of piperidine rings is 1. The summed E-state index contributed by atoms with van der Waals surface area (Å²) in [5.41, 5.74) is 1.26. The van der Waals surface area contributed by atoms with Crippen LogP contribution in [0.25, 0.3) is 0 Å². The first kappa shape index (κ1) is 14.5. The van der Waals surface area contributed by atoms with Crippen LogP contribution < -0.4 is 5.32 Å². The fraction of sp³-hybridized carbons (Fsp3) is 0.571. The first-order valence-electron chi connectivity index (χ1n) is 6.32. The van der Waals surface area contributed by atoms with Crippen LogP contribution in [0.4, 0.5) is 4.39 Å². The first-order chi connectivity index (χ1) is 8.26. The van der Waals surface area contributed by atoms with Gasteiger partial charge in [0.1, 0.15) is 5.82 Å². The Bertz CT molecular complexity index is 294. The Hall–Kier alpha value is -0.540. The average molecular weight is 255 g/mol. The van der Waals surface area contributed by atoms with Crippen LogP contribution in [0.15, 0.2) is 24.3 Å². The highest BCUT2D eigenvalue weighted by Gasteiger charge is 2.13. The first-order valence-corrected chi connectivity index (χ1v) is 6.95. The highest BCUT2D eigenvalue weighted by Crippen LogP contribution is 2.17. The predicted molar refractivity (Wildman–Crippen MR) is 75.2 cm³/mol. The molecule has 0 saturated carbocycles. The van der Waals surface area contributed by atoms with E-state index in [1.807, 2.05) is 19.1 Å². The number of thiol groups is 1. The molecule has 1 aliphatic rings. The van der Waals surface area contributed by atoms with E-state index in [1.54, 1.807) is 12.1 Å². The van der Waals surface area contributed by atoms with Gasteiger partial charge in [-0.25, -0.2) is 4.39 Å². The monoisotopic (exact) mass is 255 g/mol. The molecular weight excluding hydrogens is 233 g/mol. The van der Waals surface area contributed by atoms with Crippen LogP contribution in [0.1, 0.15) is 25.3 Å². The van der Waals surface area contributed by atoms with Crippen molar-refractivity contribution >= 4 is 12.6 Å². The molecule has 3 heteroatoms. The van der Waals surface area contributed by atoms with E-state index in [0.29, 0.717) is 0 Å². The molecule has 0 unspecified atom stereocenters. The summed E-state index contributed by atoms with van der Waals surface area (Å²) in [6.45, 7) is 4.25. The molecule has 1 fully saturated rings. The minimum absolute atomic E-state index is 0.140. The molecule has 0 aromatic heterocycles. The lowest BCUT2D eigenvalue weighted by atomic mass is 9.91. The van der Waals surface area contributed by atoms with Crippen LogP contribution in [0.3, 0.4) is 0 Å². The SMILES string of the molecule is CCS.Fc1ccc(CC2CCNCC2)cc1. The van der Waals surface area contributed by atoms with Gasteiger partial charge in [-0.3, -0.25) is 0 Å². The molecule has 0 amide bonds. The van der Waals surface area contributed by atoms with Crippen molar-refractivity contribution < 1.29 is 4.39 Å². The standard InChI is InChI=1S/C12H16FN.C2H6S/c13-12-3-1-10(2-4-12)9-11-5-7-14-8-6-11;1-2-3/h1-4,11,14H,5-9H2;3H,2H2,1H3. The average Bonchev–Trinajstić information content (AvgIpc) is 2.35. The molecule has 0 atom stereocenters. The molecule has 1 aliphatic heterocycles. The van der Waals surface area contributed by atoms with Gasteiger partial charge < -0.3 is 5.32 Å². The zero-order valence-electron chi connectivity index (χ0n) is 10.5. The van der Waals surface area contributed by atoms with E-state index in [2.05, 4.69) is 17.9 Å². The molecule has 1 saturated heterocycles. The second-order valence-electron chi connectivity index (χ2n) is 4.34. The Balaban J connectivity index is 0.000000437. The lowest BCUT2D eigenvalue weighted by Gasteiger charge is -2.22. The molecule has 1 aromatic rings. The second-order valence-corrected chi connectivity index (χ2v) is 4.97. The number of hydrogen-bond acceptors (Lipinski definition) is 2. The summed E-state index contributed by atoms with van der Waals surface area (Å²) in [5.74, 6) is 1.58. The van der Waals surface area contributed by atoms with Crippen molar-refractivity contribution in [2.75, 3.05) is 18.8 Å². The predicted octanol–water partition coefficient (Wildman–Crippen LogP) is 3.30. The summed E-state index contributed by atoms with van der Waals surface area (Å²) in [6, 6.07) is 6.90. The molecule has 0 aliphatic carbocycles. The molecule has 0 spiro atoms. The summed E-state index contributed by atoms with van der Waals surface area (Å²) in [5, 5.41) is 3.35. The van der Waals surface area contributed by atoms with Crippen molar-refractivity contribution in [1.82, 2.24) is 5.32 Å². The van der Waals surface area contributed by atoms with Gasteiger partial charge in [-0.1, -0.05) is 19.1 Å². The van der Waals surface area contributed by atoms with Gasteiger partial charge in [0.15, 0.2) is 0 Å². The number of nitrogens with one attached hydrogen (secondary N) is 1. The lowest BCUT2D eigenvalue weighted by molar-refractivity contribution is 0.372. The van der Waals surface area contributed by atoms with Crippen molar-refractivity contribution in [2.24, 2.45) is 5.92 Å². The van der Waals surface area contributed by atoms with Crippen LogP contribution in [-0.4, -0.2) is 18.8 Å². The molecule has 1 aromatic carbocycles. The van der Waals surface area contributed by atoms with Crippen molar-refractivity contribution in [3.63, 3.8) is 0 Å². The van der Waals surface area contributed by atoms with Gasteiger partial charge in [-0.15, -0.1) is 0 Å². The third-order valence-corrected chi connectivity index (χ3v) is 2.90. The summed E-state index contributed by atoms with van der Waals surface area (Å²) in [7, 11) is 0. The van der Waals surface area contributed by atoms with E-state index in [1.165, 1.54) is 18.4 Å². The van der Waals surface area contributed by atoms with Crippen molar-refractivity contribution in [1.29, 1.82) is 0 Å². The van der Waals surface area contributed by atoms with Gasteiger partial charge in [0, 0.05) is 0 Å². The van der Waals surface area contributed by atoms with Gasteiger partial charge in [0.25, 0.3) is 0 Å². The molecule has 0 bridgehead atoms. The maximum Gasteiger partial charge on any atom is 0.123 e. The molecule has 96 valence electrons. The van der Waals surface area contributed by atoms with E-state index < -0.39 is 0 Å². The highest BCUT2D eigenvalue weighted by molar-refractivity contribution is 7.80. The topological polar surface area (TPSA) is 12.0 Å². The van der Waals surface area contributed by atoms with Crippen molar-refractivity contribution in [3.05, 3.63) is 35.6 Å². The third kappa shape index (κ3) is 6.08. The molecule has 0 radical (unpaired) electrons. The minimum atomic E-state index is -0.140. The third-order valence-electron chi connectivity index (χ3n) is 2.90. The number of halogens is 1. The minimum Gasteiger partial charge on any atom is -0.317 e. The van der Waals surface area contributed by atoms with E-state index in [9.17, 15) is 4.39 Å². The quantitative estimate of drug-likeness (QED) is 0.773. The zero-order valence-corrected chi connectivity index (χ0v) is 11.3. The van der Waals surface area contributed by atoms with Crippen molar-refractivity contribution in [3.8, 4) is 0 Å². The fourth-order valence-electron chi connectivity index (χ4n) is 2.04. The van der Waals surface area contributed by atoms with Crippen LogP contribution in [-0.2, 0) is 6.42 Å². The van der Waals surface area contributed by atoms with E-state index in [-0.39, 0.29) is 5.82 Å². The van der Waals surface area contributed by atoms with Crippen LogP contribution in [0, 0.1) is 11.7 Å². The molecule has 2 rings (SSSR count). The zero-order chi connectivity index (χ0) is 12.5. The molecule has 17 heavy (non-hydrogen) atoms. The molecular formula is C14H22FNS. The number of benzene rings is 1. The summed E-state index contributed by atoms with van der Waals surface area (Å²) in [4.78, 5) is 0. The number of rotatable bonds is 2. The van der Waals surface area contributed by atoms with E-state index in [4.69, 9.17) is 0 Å². The van der Waals surface area contributed by atoms with Gasteiger partial charge in [-0.05, 0) is 61.7 Å². The summed E-state index contributed by atoms with van der Waals surface area (Å²) >= 11 is 3.79.